The Bertz CT molecular complexity index is 740. The van der Waals surface area contributed by atoms with Gasteiger partial charge in [0, 0.05) is 0 Å². The number of aryl methyl sites for hydroxylation is 2. The number of nitrogens with one attached hydrogen (secondary N) is 2. The molecule has 2 amide bonds. The fraction of sp³-hybridized carbons (Fsp3) is 0.176. The number of hydrazine groups is 1. The van der Waals surface area contributed by atoms with Crippen LogP contribution in [0.4, 0.5) is 4.39 Å². The Morgan fingerprint density at radius 3 is 2.42 bits per heavy atom. The summed E-state index contributed by atoms with van der Waals surface area (Å²) < 4.78 is 18.9. The molecule has 2 N–H and O–H groups in total. The van der Waals surface area contributed by atoms with E-state index in [0.717, 1.165) is 17.2 Å². The summed E-state index contributed by atoms with van der Waals surface area (Å²) in [6.45, 7) is 3.53. The van der Waals surface area contributed by atoms with E-state index in [9.17, 15) is 14.0 Å². The number of amides is 2. The van der Waals surface area contributed by atoms with E-state index in [2.05, 4.69) is 10.9 Å². The topological polar surface area (TPSA) is 67.4 Å². The Morgan fingerprint density at radius 2 is 1.79 bits per heavy atom. The van der Waals surface area contributed by atoms with Crippen molar-refractivity contribution in [2.45, 2.75) is 13.8 Å². The molecule has 126 valence electrons. The van der Waals surface area contributed by atoms with Gasteiger partial charge in [-0.3, -0.25) is 20.4 Å². The highest BCUT2D eigenvalue weighted by Gasteiger charge is 2.16. The molecule has 0 aliphatic rings. The molecule has 0 unspecified atom stereocenters. The van der Waals surface area contributed by atoms with Crippen molar-refractivity contribution in [2.24, 2.45) is 0 Å². The van der Waals surface area contributed by atoms with Crippen molar-refractivity contribution in [3.8, 4) is 5.75 Å². The summed E-state index contributed by atoms with van der Waals surface area (Å²) in [5.41, 5.74) is 5.92. The van der Waals surface area contributed by atoms with Gasteiger partial charge in [-0.25, -0.2) is 4.39 Å². The molecule has 0 spiro atoms. The molecule has 0 heterocycles. The van der Waals surface area contributed by atoms with Gasteiger partial charge in [-0.2, -0.15) is 0 Å². The van der Waals surface area contributed by atoms with Gasteiger partial charge in [0.15, 0.2) is 6.61 Å². The van der Waals surface area contributed by atoms with Crippen molar-refractivity contribution in [1.82, 2.24) is 10.9 Å². The van der Waals surface area contributed by atoms with Crippen LogP contribution in [0, 0.1) is 19.7 Å². The zero-order chi connectivity index (χ0) is 17.7. The Labute approximate surface area is 143 Å². The number of halogens is 2. The van der Waals surface area contributed by atoms with E-state index in [0.29, 0.717) is 5.75 Å². The van der Waals surface area contributed by atoms with Gasteiger partial charge in [0.1, 0.15) is 11.6 Å². The third-order valence-corrected chi connectivity index (χ3v) is 3.39. The summed E-state index contributed by atoms with van der Waals surface area (Å²) in [5, 5.41) is -0.0479. The van der Waals surface area contributed by atoms with Crippen molar-refractivity contribution in [3.05, 3.63) is 63.9 Å². The minimum absolute atomic E-state index is 0.0479. The van der Waals surface area contributed by atoms with Crippen LogP contribution in [0.5, 0.6) is 5.75 Å². The van der Waals surface area contributed by atoms with Crippen LogP contribution < -0.4 is 15.6 Å². The highest BCUT2D eigenvalue weighted by atomic mass is 35.5. The number of benzene rings is 2. The van der Waals surface area contributed by atoms with Crippen LogP contribution >= 0.6 is 11.6 Å². The molecular formula is C17H16ClFN2O3. The lowest BCUT2D eigenvalue weighted by Crippen LogP contribution is -2.44. The van der Waals surface area contributed by atoms with Gasteiger partial charge in [0.05, 0.1) is 10.6 Å². The highest BCUT2D eigenvalue weighted by molar-refractivity contribution is 6.33. The van der Waals surface area contributed by atoms with E-state index in [-0.39, 0.29) is 17.2 Å². The minimum atomic E-state index is -0.849. The van der Waals surface area contributed by atoms with E-state index in [1.54, 1.807) is 12.1 Å². The molecule has 0 atom stereocenters. The first-order valence-corrected chi connectivity index (χ1v) is 7.49. The van der Waals surface area contributed by atoms with E-state index >= 15 is 0 Å². The fourth-order valence-corrected chi connectivity index (χ4v) is 2.35. The first kappa shape index (κ1) is 17.7. The third kappa shape index (κ3) is 4.70. The van der Waals surface area contributed by atoms with E-state index < -0.39 is 17.6 Å². The monoisotopic (exact) mass is 350 g/mol. The van der Waals surface area contributed by atoms with Gasteiger partial charge in [-0.05, 0) is 49.2 Å². The highest BCUT2D eigenvalue weighted by Crippen LogP contribution is 2.18. The predicted octanol–water partition coefficient (Wildman–Crippen LogP) is 2.94. The van der Waals surface area contributed by atoms with Gasteiger partial charge in [0.2, 0.25) is 0 Å². The minimum Gasteiger partial charge on any atom is -0.484 e. The maximum Gasteiger partial charge on any atom is 0.276 e. The molecule has 2 rings (SSSR count). The van der Waals surface area contributed by atoms with Crippen molar-refractivity contribution in [2.75, 3.05) is 6.61 Å². The molecule has 2 aromatic rings. The van der Waals surface area contributed by atoms with Crippen molar-refractivity contribution < 1.29 is 18.7 Å². The molecule has 7 heteroatoms. The first-order chi connectivity index (χ1) is 11.4. The Hall–Kier alpha value is -2.60. The molecule has 0 aromatic heterocycles. The number of hydrogen-bond donors (Lipinski definition) is 2. The van der Waals surface area contributed by atoms with Gasteiger partial charge < -0.3 is 4.74 Å². The largest absolute Gasteiger partial charge is 0.484 e. The van der Waals surface area contributed by atoms with Gasteiger partial charge >= 0.3 is 0 Å². The lowest BCUT2D eigenvalue weighted by atomic mass is 10.1. The average Bonchev–Trinajstić information content (AvgIpc) is 2.50. The Kier molecular flexibility index (Phi) is 5.76. The van der Waals surface area contributed by atoms with Crippen LogP contribution in [0.1, 0.15) is 21.5 Å². The quantitative estimate of drug-likeness (QED) is 0.833. The molecule has 0 fully saturated rings. The zero-order valence-electron chi connectivity index (χ0n) is 13.2. The molecule has 0 saturated carbocycles. The second-order valence-corrected chi connectivity index (χ2v) is 5.62. The standard InChI is InChI=1S/C17H16ClFN2O3/c1-10-6-11(2)8-12(7-10)24-9-15(22)20-21-17(23)16-13(18)4-3-5-14(16)19/h3-8H,9H2,1-2H3,(H,20,22)(H,21,23). The predicted molar refractivity (Wildman–Crippen MR) is 88.4 cm³/mol. The number of carbonyl (C=O) groups is 2. The summed E-state index contributed by atoms with van der Waals surface area (Å²) in [6.07, 6.45) is 0. The van der Waals surface area contributed by atoms with Crippen molar-refractivity contribution in [1.29, 1.82) is 0 Å². The SMILES string of the molecule is Cc1cc(C)cc(OCC(=O)NNC(=O)c2c(F)cccc2Cl)c1. The van der Waals surface area contributed by atoms with Crippen molar-refractivity contribution in [3.63, 3.8) is 0 Å². The zero-order valence-corrected chi connectivity index (χ0v) is 13.9. The lowest BCUT2D eigenvalue weighted by Gasteiger charge is -2.10. The average molecular weight is 351 g/mol. The maximum atomic E-state index is 13.6. The van der Waals surface area contributed by atoms with Crippen LogP contribution in [-0.4, -0.2) is 18.4 Å². The molecule has 5 nitrogen and oxygen atoms in total. The van der Waals surface area contributed by atoms with Crippen LogP contribution in [0.3, 0.4) is 0 Å². The molecule has 0 radical (unpaired) electrons. The van der Waals surface area contributed by atoms with E-state index in [4.69, 9.17) is 16.3 Å². The van der Waals surface area contributed by atoms with Crippen LogP contribution in [0.15, 0.2) is 36.4 Å². The fourth-order valence-electron chi connectivity index (χ4n) is 2.10. The smallest absolute Gasteiger partial charge is 0.276 e. The third-order valence-electron chi connectivity index (χ3n) is 3.07. The number of carbonyl (C=O) groups excluding carboxylic acids is 2. The van der Waals surface area contributed by atoms with E-state index in [1.165, 1.54) is 12.1 Å². The maximum absolute atomic E-state index is 13.6. The molecule has 2 aromatic carbocycles. The molecule has 0 aliphatic carbocycles. The normalized spacial score (nSPS) is 10.2. The lowest BCUT2D eigenvalue weighted by molar-refractivity contribution is -0.123. The molecule has 0 bridgehead atoms. The molecule has 0 aliphatic heterocycles. The van der Waals surface area contributed by atoms with Crippen LogP contribution in [0.2, 0.25) is 5.02 Å². The van der Waals surface area contributed by atoms with Gasteiger partial charge in [-0.1, -0.05) is 23.7 Å². The summed E-state index contributed by atoms with van der Waals surface area (Å²) in [5.74, 6) is -1.67. The second kappa shape index (κ2) is 7.79. The van der Waals surface area contributed by atoms with Crippen LogP contribution in [-0.2, 0) is 4.79 Å². The summed E-state index contributed by atoms with van der Waals surface area (Å²) >= 11 is 5.77. The number of hydrogen-bond acceptors (Lipinski definition) is 3. The molecule has 0 saturated heterocycles. The van der Waals surface area contributed by atoms with Crippen molar-refractivity contribution >= 4 is 23.4 Å². The van der Waals surface area contributed by atoms with Gasteiger partial charge in [-0.15, -0.1) is 0 Å². The summed E-state index contributed by atoms with van der Waals surface area (Å²) in [4.78, 5) is 23.6. The van der Waals surface area contributed by atoms with Gasteiger partial charge in [0.25, 0.3) is 11.8 Å². The first-order valence-electron chi connectivity index (χ1n) is 7.11. The number of rotatable bonds is 4. The Balaban J connectivity index is 1.88. The molecule has 24 heavy (non-hydrogen) atoms. The Morgan fingerprint density at radius 1 is 1.12 bits per heavy atom. The van der Waals surface area contributed by atoms with Crippen LogP contribution in [0.25, 0.3) is 0 Å². The second-order valence-electron chi connectivity index (χ2n) is 5.21. The summed E-state index contributed by atoms with van der Waals surface area (Å²) in [6, 6.07) is 9.42. The van der Waals surface area contributed by atoms with E-state index in [1.807, 2.05) is 19.9 Å². The number of ether oxygens (including phenoxy) is 1. The summed E-state index contributed by atoms with van der Waals surface area (Å²) in [7, 11) is 0. The molecular weight excluding hydrogens is 335 g/mol.